The van der Waals surface area contributed by atoms with Crippen LogP contribution in [0.5, 0.6) is 0 Å². The van der Waals surface area contributed by atoms with E-state index in [9.17, 15) is 4.79 Å². The van der Waals surface area contributed by atoms with Gasteiger partial charge in [0.15, 0.2) is 0 Å². The predicted octanol–water partition coefficient (Wildman–Crippen LogP) is 3.96. The highest BCUT2D eigenvalue weighted by atomic mass is 16.2. The maximum atomic E-state index is 13.1. The van der Waals surface area contributed by atoms with Gasteiger partial charge in [0.05, 0.1) is 12.4 Å². The number of aromatic nitrogens is 2. The molecule has 5 nitrogen and oxygen atoms in total. The number of urea groups is 1. The molecule has 2 heterocycles. The molecule has 27 heavy (non-hydrogen) atoms. The van der Waals surface area contributed by atoms with Gasteiger partial charge in [0.1, 0.15) is 0 Å². The lowest BCUT2D eigenvalue weighted by Gasteiger charge is -2.38. The van der Waals surface area contributed by atoms with Gasteiger partial charge < -0.3 is 14.8 Å². The van der Waals surface area contributed by atoms with Crippen LogP contribution in [0.25, 0.3) is 0 Å². The fourth-order valence-corrected chi connectivity index (χ4v) is 5.08. The van der Waals surface area contributed by atoms with Crippen LogP contribution in [0, 0.1) is 0 Å². The molecule has 5 heteroatoms. The summed E-state index contributed by atoms with van der Waals surface area (Å²) in [6, 6.07) is 11.2. The van der Waals surface area contributed by atoms with E-state index in [1.807, 2.05) is 17.4 Å². The molecule has 2 amide bonds. The minimum atomic E-state index is 0.0660. The molecule has 4 rings (SSSR count). The van der Waals surface area contributed by atoms with Crippen LogP contribution < -0.4 is 5.32 Å². The van der Waals surface area contributed by atoms with E-state index >= 15 is 0 Å². The highest BCUT2D eigenvalue weighted by Crippen LogP contribution is 2.43. The number of rotatable bonds is 5. The predicted molar refractivity (Wildman–Crippen MR) is 107 cm³/mol. The molecule has 2 atom stereocenters. The van der Waals surface area contributed by atoms with Crippen molar-refractivity contribution in [1.29, 1.82) is 0 Å². The number of imidazole rings is 1. The topological polar surface area (TPSA) is 50.2 Å². The summed E-state index contributed by atoms with van der Waals surface area (Å²) in [5.74, 6) is 0. The molecule has 1 aliphatic heterocycles. The first kappa shape index (κ1) is 18.1. The molecule has 2 unspecified atom stereocenters. The van der Waals surface area contributed by atoms with Crippen LogP contribution in [0.1, 0.15) is 51.0 Å². The molecule has 1 saturated carbocycles. The van der Waals surface area contributed by atoms with E-state index in [1.54, 1.807) is 6.20 Å². The van der Waals surface area contributed by atoms with Crippen LogP contribution in [0.2, 0.25) is 0 Å². The largest absolute Gasteiger partial charge is 0.335 e. The normalized spacial score (nSPS) is 22.7. The Morgan fingerprint density at radius 1 is 1.26 bits per heavy atom. The first-order valence-corrected chi connectivity index (χ1v) is 10.3. The Kier molecular flexibility index (Phi) is 5.19. The third kappa shape index (κ3) is 3.60. The first-order valence-electron chi connectivity index (χ1n) is 10.3. The molecule has 0 radical (unpaired) electrons. The molecular formula is C22H30N4O. The van der Waals surface area contributed by atoms with Crippen LogP contribution in [-0.4, -0.2) is 39.1 Å². The average molecular weight is 367 g/mol. The van der Waals surface area contributed by atoms with Crippen molar-refractivity contribution in [3.63, 3.8) is 0 Å². The van der Waals surface area contributed by atoms with Crippen molar-refractivity contribution in [2.75, 3.05) is 6.54 Å². The van der Waals surface area contributed by atoms with E-state index in [2.05, 4.69) is 52.1 Å². The van der Waals surface area contributed by atoms with E-state index < -0.39 is 0 Å². The van der Waals surface area contributed by atoms with Gasteiger partial charge in [-0.15, -0.1) is 0 Å². The number of likely N-dealkylation sites (tertiary alicyclic amines) is 1. The van der Waals surface area contributed by atoms with Crippen molar-refractivity contribution in [2.24, 2.45) is 0 Å². The van der Waals surface area contributed by atoms with Gasteiger partial charge in [-0.25, -0.2) is 9.78 Å². The summed E-state index contributed by atoms with van der Waals surface area (Å²) < 4.78 is 2.07. The lowest BCUT2D eigenvalue weighted by Crippen LogP contribution is -2.53. The van der Waals surface area contributed by atoms with Gasteiger partial charge in [0.2, 0.25) is 0 Å². The highest BCUT2D eigenvalue weighted by Gasteiger charge is 2.42. The van der Waals surface area contributed by atoms with Gasteiger partial charge in [-0.1, -0.05) is 43.2 Å². The van der Waals surface area contributed by atoms with Gasteiger partial charge in [-0.2, -0.15) is 0 Å². The number of hydrogen-bond acceptors (Lipinski definition) is 2. The summed E-state index contributed by atoms with van der Waals surface area (Å²) in [4.78, 5) is 19.3. The standard InChI is InChI=1S/C22H30N4O/c1-18(22(11-5-6-12-22)19-8-3-2-4-9-19)24-21(27)26-14-7-10-20(26)16-25-15-13-23-17-25/h2-4,8-9,13,15,17-18,20H,5-7,10-12,14,16H2,1H3,(H,24,27). The lowest BCUT2D eigenvalue weighted by atomic mass is 9.73. The van der Waals surface area contributed by atoms with E-state index in [-0.39, 0.29) is 23.5 Å². The average Bonchev–Trinajstić information content (AvgIpc) is 3.45. The van der Waals surface area contributed by atoms with Crippen molar-refractivity contribution < 1.29 is 4.79 Å². The van der Waals surface area contributed by atoms with Crippen LogP contribution in [-0.2, 0) is 12.0 Å². The number of carbonyl (C=O) groups excluding carboxylic acids is 1. The summed E-state index contributed by atoms with van der Waals surface area (Å²) in [6.07, 6.45) is 12.5. The molecule has 144 valence electrons. The molecule has 0 spiro atoms. The number of amides is 2. The molecule has 0 bridgehead atoms. The molecular weight excluding hydrogens is 336 g/mol. The van der Waals surface area contributed by atoms with Gasteiger partial charge >= 0.3 is 6.03 Å². The smallest absolute Gasteiger partial charge is 0.317 e. The monoisotopic (exact) mass is 366 g/mol. The first-order chi connectivity index (χ1) is 13.2. The second-order valence-electron chi connectivity index (χ2n) is 8.15. The van der Waals surface area contributed by atoms with Crippen molar-refractivity contribution in [3.05, 3.63) is 54.6 Å². The van der Waals surface area contributed by atoms with E-state index in [4.69, 9.17) is 0 Å². The summed E-state index contributed by atoms with van der Waals surface area (Å²) in [6.45, 7) is 3.86. The van der Waals surface area contributed by atoms with Crippen LogP contribution in [0.4, 0.5) is 4.79 Å². The molecule has 1 aromatic heterocycles. The molecule has 2 aliphatic rings. The SMILES string of the molecule is CC(NC(=O)N1CCCC1Cn1ccnc1)C1(c2ccccc2)CCCC1. The highest BCUT2D eigenvalue weighted by molar-refractivity contribution is 5.75. The second-order valence-corrected chi connectivity index (χ2v) is 8.15. The molecule has 1 aromatic carbocycles. The van der Waals surface area contributed by atoms with Crippen molar-refractivity contribution in [3.8, 4) is 0 Å². The minimum absolute atomic E-state index is 0.0660. The minimum Gasteiger partial charge on any atom is -0.335 e. The molecule has 2 aromatic rings. The van der Waals surface area contributed by atoms with Gasteiger partial charge in [-0.05, 0) is 38.2 Å². The lowest BCUT2D eigenvalue weighted by molar-refractivity contribution is 0.176. The number of carbonyl (C=O) groups is 1. The van der Waals surface area contributed by atoms with Gasteiger partial charge in [0.25, 0.3) is 0 Å². The zero-order valence-corrected chi connectivity index (χ0v) is 16.2. The Morgan fingerprint density at radius 2 is 2.04 bits per heavy atom. The zero-order valence-electron chi connectivity index (χ0n) is 16.2. The summed E-state index contributed by atoms with van der Waals surface area (Å²) >= 11 is 0. The summed E-state index contributed by atoms with van der Waals surface area (Å²) in [5.41, 5.74) is 1.43. The number of nitrogens with one attached hydrogen (secondary N) is 1. The number of benzene rings is 1. The summed E-state index contributed by atoms with van der Waals surface area (Å²) in [5, 5.41) is 3.37. The van der Waals surface area contributed by atoms with E-state index in [1.165, 1.54) is 18.4 Å². The van der Waals surface area contributed by atoms with Crippen molar-refractivity contribution in [2.45, 2.75) is 69.5 Å². The van der Waals surface area contributed by atoms with Crippen LogP contribution in [0.3, 0.4) is 0 Å². The quantitative estimate of drug-likeness (QED) is 0.871. The fraction of sp³-hybridized carbons (Fsp3) is 0.545. The Hall–Kier alpha value is -2.30. The van der Waals surface area contributed by atoms with Crippen LogP contribution >= 0.6 is 0 Å². The van der Waals surface area contributed by atoms with Gasteiger partial charge in [-0.3, -0.25) is 0 Å². The van der Waals surface area contributed by atoms with Gasteiger partial charge in [0, 0.05) is 36.9 Å². The zero-order chi connectivity index (χ0) is 18.7. The number of hydrogen-bond donors (Lipinski definition) is 1. The number of nitrogens with zero attached hydrogens (tertiary/aromatic N) is 3. The van der Waals surface area contributed by atoms with E-state index in [0.717, 1.165) is 38.8 Å². The Labute approximate surface area is 161 Å². The third-order valence-electron chi connectivity index (χ3n) is 6.63. The van der Waals surface area contributed by atoms with E-state index in [0.29, 0.717) is 0 Å². The molecule has 1 aliphatic carbocycles. The molecule has 1 N–H and O–H groups in total. The van der Waals surface area contributed by atoms with Crippen molar-refractivity contribution in [1.82, 2.24) is 19.8 Å². The summed E-state index contributed by atoms with van der Waals surface area (Å²) in [7, 11) is 0. The maximum Gasteiger partial charge on any atom is 0.317 e. The maximum absolute atomic E-state index is 13.1. The molecule has 1 saturated heterocycles. The molecule has 2 fully saturated rings. The Balaban J connectivity index is 1.46. The Bertz CT molecular complexity index is 737. The second kappa shape index (κ2) is 7.75. The Morgan fingerprint density at radius 3 is 2.74 bits per heavy atom. The van der Waals surface area contributed by atoms with Crippen molar-refractivity contribution >= 4 is 6.03 Å². The fourth-order valence-electron chi connectivity index (χ4n) is 5.08. The third-order valence-corrected chi connectivity index (χ3v) is 6.63. The van der Waals surface area contributed by atoms with Crippen LogP contribution in [0.15, 0.2) is 49.1 Å².